The first-order valence-corrected chi connectivity index (χ1v) is 11.6. The molecule has 0 aromatic heterocycles. The van der Waals surface area contributed by atoms with Crippen molar-refractivity contribution in [1.29, 1.82) is 0 Å². The minimum absolute atomic E-state index is 0.0821. The fourth-order valence-electron chi connectivity index (χ4n) is 1.91. The summed E-state index contributed by atoms with van der Waals surface area (Å²) in [7, 11) is 0. The maximum Gasteiger partial charge on any atom is 0.377 e. The zero-order valence-corrected chi connectivity index (χ0v) is 22.0. The summed E-state index contributed by atoms with van der Waals surface area (Å²) in [5.74, 6) is -16.5. The van der Waals surface area contributed by atoms with E-state index in [1.54, 1.807) is 0 Å². The Bertz CT molecular complexity index is 664. The molecule has 0 unspecified atom stereocenters. The minimum atomic E-state index is -3.58. The van der Waals surface area contributed by atoms with Crippen LogP contribution < -0.4 is 0 Å². The predicted octanol–water partition coefficient (Wildman–Crippen LogP) is 5.80. The summed E-state index contributed by atoms with van der Waals surface area (Å²) in [6, 6.07) is 0. The standard InChI is InChI=1S/C10H14F2O4.C7H12F2O2.C3H4F2O2.C3H8/c1-10(11,12)9(14)15-6-8(13)16-7-4-2-3-5-7;1-3-4-5-11-6(10)7(2,8)9;1-3(4,5)2(6)7;1-3-2/h7H,2-6H2,1H3;3-5H2,1-2H3;1H3,(H,6,7);3H2,1-2H3. The number of rotatable bonds is 9. The number of halogens is 6. The Morgan fingerprint density at radius 2 is 1.16 bits per heavy atom. The molecule has 1 saturated carbocycles. The number of unbranched alkanes of at least 4 members (excludes halogenated alkanes) is 1. The molecule has 220 valence electrons. The second-order valence-corrected chi connectivity index (χ2v) is 8.14. The largest absolute Gasteiger partial charge is 0.477 e. The van der Waals surface area contributed by atoms with Gasteiger partial charge in [0.15, 0.2) is 6.61 Å². The Hall–Kier alpha value is -2.54. The Labute approximate surface area is 213 Å². The average molecular weight is 557 g/mol. The van der Waals surface area contributed by atoms with Crippen LogP contribution in [0.5, 0.6) is 0 Å². The van der Waals surface area contributed by atoms with Gasteiger partial charge in [-0.25, -0.2) is 19.2 Å². The van der Waals surface area contributed by atoms with Crippen molar-refractivity contribution in [1.82, 2.24) is 0 Å². The van der Waals surface area contributed by atoms with Crippen LogP contribution in [-0.4, -0.2) is 66.1 Å². The summed E-state index contributed by atoms with van der Waals surface area (Å²) in [6.07, 6.45) is 6.08. The van der Waals surface area contributed by atoms with Gasteiger partial charge in [0.05, 0.1) is 6.61 Å². The van der Waals surface area contributed by atoms with Crippen LogP contribution in [0.1, 0.15) is 86.5 Å². The monoisotopic (exact) mass is 556 g/mol. The summed E-state index contributed by atoms with van der Waals surface area (Å²) in [5, 5.41) is 7.50. The van der Waals surface area contributed by atoms with Gasteiger partial charge in [-0.1, -0.05) is 33.6 Å². The van der Waals surface area contributed by atoms with Crippen molar-refractivity contribution in [3.05, 3.63) is 0 Å². The quantitative estimate of drug-likeness (QED) is 0.164. The van der Waals surface area contributed by atoms with Gasteiger partial charge in [-0.2, -0.15) is 26.3 Å². The van der Waals surface area contributed by atoms with Crippen LogP contribution in [0.25, 0.3) is 0 Å². The van der Waals surface area contributed by atoms with Crippen molar-refractivity contribution in [3.63, 3.8) is 0 Å². The van der Waals surface area contributed by atoms with Crippen molar-refractivity contribution in [2.45, 2.75) is 110 Å². The van der Waals surface area contributed by atoms with E-state index >= 15 is 0 Å². The van der Waals surface area contributed by atoms with E-state index in [0.717, 1.165) is 32.1 Å². The molecule has 1 aliphatic rings. The summed E-state index contributed by atoms with van der Waals surface area (Å²) in [5.41, 5.74) is 0. The molecule has 1 N–H and O–H groups in total. The van der Waals surface area contributed by atoms with E-state index in [-0.39, 0.29) is 12.7 Å². The molecule has 0 saturated heterocycles. The number of carboxylic acids is 1. The van der Waals surface area contributed by atoms with Crippen LogP contribution in [-0.2, 0) is 33.4 Å². The molecule has 1 fully saturated rings. The normalized spacial score (nSPS) is 13.4. The number of carboxylic acid groups (broad SMARTS) is 1. The number of hydrogen-bond acceptors (Lipinski definition) is 7. The van der Waals surface area contributed by atoms with E-state index in [4.69, 9.17) is 9.84 Å². The van der Waals surface area contributed by atoms with Crippen molar-refractivity contribution >= 4 is 23.9 Å². The van der Waals surface area contributed by atoms with Crippen molar-refractivity contribution < 1.29 is 64.8 Å². The van der Waals surface area contributed by atoms with E-state index in [9.17, 15) is 45.5 Å². The summed E-state index contributed by atoms with van der Waals surface area (Å²) >= 11 is 0. The van der Waals surface area contributed by atoms with E-state index in [1.807, 2.05) is 6.92 Å². The van der Waals surface area contributed by atoms with E-state index in [1.165, 1.54) is 6.42 Å². The lowest BCUT2D eigenvalue weighted by Crippen LogP contribution is -2.30. The highest BCUT2D eigenvalue weighted by atomic mass is 19.3. The number of aliphatic carboxylic acids is 1. The Morgan fingerprint density at radius 3 is 1.49 bits per heavy atom. The molecule has 37 heavy (non-hydrogen) atoms. The lowest BCUT2D eigenvalue weighted by atomic mass is 10.3. The van der Waals surface area contributed by atoms with Gasteiger partial charge in [0.2, 0.25) is 0 Å². The Balaban J connectivity index is -0.000000478. The number of carbonyl (C=O) groups excluding carboxylic acids is 3. The lowest BCUT2D eigenvalue weighted by molar-refractivity contribution is -0.176. The number of alkyl halides is 6. The first-order chi connectivity index (χ1) is 16.7. The SMILES string of the molecule is CC(F)(F)C(=O)O.CC(F)(F)C(=O)OCC(=O)OC1CCCC1.CCC.CCCCOC(=O)C(C)(F)F. The number of esters is 3. The van der Waals surface area contributed by atoms with Gasteiger partial charge < -0.3 is 19.3 Å². The summed E-state index contributed by atoms with van der Waals surface area (Å²) < 4.78 is 84.6. The third-order valence-electron chi connectivity index (χ3n) is 3.74. The third kappa shape index (κ3) is 24.9. The van der Waals surface area contributed by atoms with Crippen molar-refractivity contribution in [3.8, 4) is 0 Å². The predicted molar refractivity (Wildman–Crippen MR) is 121 cm³/mol. The van der Waals surface area contributed by atoms with E-state index in [0.29, 0.717) is 27.2 Å². The first kappa shape index (κ1) is 39.0. The molecular formula is C23H38F6O8. The molecule has 1 rings (SSSR count). The Morgan fingerprint density at radius 1 is 0.784 bits per heavy atom. The third-order valence-corrected chi connectivity index (χ3v) is 3.74. The van der Waals surface area contributed by atoms with Gasteiger partial charge in [-0.15, -0.1) is 0 Å². The zero-order valence-electron chi connectivity index (χ0n) is 22.0. The van der Waals surface area contributed by atoms with Gasteiger partial charge in [-0.05, 0) is 32.1 Å². The van der Waals surface area contributed by atoms with Gasteiger partial charge in [0, 0.05) is 20.8 Å². The average Bonchev–Trinajstić information content (AvgIpc) is 3.24. The second-order valence-electron chi connectivity index (χ2n) is 8.14. The molecule has 0 radical (unpaired) electrons. The van der Waals surface area contributed by atoms with Crippen LogP contribution in [0.3, 0.4) is 0 Å². The van der Waals surface area contributed by atoms with Gasteiger partial charge in [0.1, 0.15) is 6.10 Å². The molecule has 14 heteroatoms. The molecule has 1 aliphatic carbocycles. The van der Waals surface area contributed by atoms with Crippen molar-refractivity contribution in [2.75, 3.05) is 13.2 Å². The zero-order chi connectivity index (χ0) is 29.9. The smallest absolute Gasteiger partial charge is 0.377 e. The van der Waals surface area contributed by atoms with Gasteiger partial charge in [-0.3, -0.25) is 0 Å². The second kappa shape index (κ2) is 19.6. The maximum atomic E-state index is 12.3. The van der Waals surface area contributed by atoms with E-state index in [2.05, 4.69) is 23.3 Å². The molecule has 0 atom stereocenters. The van der Waals surface area contributed by atoms with E-state index < -0.39 is 48.3 Å². The molecular weight excluding hydrogens is 518 g/mol. The molecule has 0 amide bonds. The molecule has 0 spiro atoms. The summed E-state index contributed by atoms with van der Waals surface area (Å²) in [6.45, 7) is 6.74. The Kier molecular flexibility index (Phi) is 20.6. The van der Waals surface area contributed by atoms with Gasteiger partial charge in [0.25, 0.3) is 0 Å². The highest BCUT2D eigenvalue weighted by Crippen LogP contribution is 2.21. The van der Waals surface area contributed by atoms with Crippen molar-refractivity contribution in [2.24, 2.45) is 0 Å². The van der Waals surface area contributed by atoms with Crippen LogP contribution in [0, 0.1) is 0 Å². The molecule has 8 nitrogen and oxygen atoms in total. The minimum Gasteiger partial charge on any atom is -0.477 e. The first-order valence-electron chi connectivity index (χ1n) is 11.6. The maximum absolute atomic E-state index is 12.3. The highest BCUT2D eigenvalue weighted by molar-refractivity contribution is 5.80. The molecule has 0 aliphatic heterocycles. The van der Waals surface area contributed by atoms with Crippen LogP contribution >= 0.6 is 0 Å². The lowest BCUT2D eigenvalue weighted by Gasteiger charge is -2.12. The molecule has 0 aromatic rings. The molecule has 0 aromatic carbocycles. The highest BCUT2D eigenvalue weighted by Gasteiger charge is 2.35. The fraction of sp³-hybridized carbons (Fsp3) is 0.826. The molecule has 0 bridgehead atoms. The van der Waals surface area contributed by atoms with Gasteiger partial charge >= 0.3 is 41.6 Å². The fourth-order valence-corrected chi connectivity index (χ4v) is 1.91. The number of hydrogen-bond donors (Lipinski definition) is 1. The van der Waals surface area contributed by atoms with Crippen LogP contribution in [0.15, 0.2) is 0 Å². The molecule has 0 heterocycles. The van der Waals surface area contributed by atoms with Crippen LogP contribution in [0.4, 0.5) is 26.3 Å². The van der Waals surface area contributed by atoms with Crippen LogP contribution in [0.2, 0.25) is 0 Å². The topological polar surface area (TPSA) is 116 Å². The summed E-state index contributed by atoms with van der Waals surface area (Å²) in [4.78, 5) is 41.4. The number of ether oxygens (including phenoxy) is 3. The number of carbonyl (C=O) groups is 4.